The molecule has 2 N–H and O–H groups in total. The number of amides is 1. The zero-order valence-electron chi connectivity index (χ0n) is 10.0. The number of nitrogens with one attached hydrogen (secondary N) is 2. The molecule has 1 aromatic heterocycles. The highest BCUT2D eigenvalue weighted by Gasteiger charge is 2.16. The number of carbonyl (C=O) groups is 1. The first kappa shape index (κ1) is 13.0. The second-order valence-electron chi connectivity index (χ2n) is 3.81. The highest BCUT2D eigenvalue weighted by molar-refractivity contribution is 7.00. The van der Waals surface area contributed by atoms with Crippen molar-refractivity contribution in [3.05, 3.63) is 17.2 Å². The fourth-order valence-electron chi connectivity index (χ4n) is 1.57. The maximum Gasteiger partial charge on any atom is 0.242 e. The molecule has 7 heteroatoms. The van der Waals surface area contributed by atoms with Crippen LogP contribution in [-0.2, 0) is 4.79 Å². The summed E-state index contributed by atoms with van der Waals surface area (Å²) in [5.74, 6) is -0.0752. The number of aromatic nitrogens is 2. The number of benzene rings is 1. The third-order valence-electron chi connectivity index (χ3n) is 2.48. The molecule has 2 aromatic rings. The Bertz CT molecular complexity index is 571. The van der Waals surface area contributed by atoms with Crippen LogP contribution in [0, 0.1) is 0 Å². The molecular weight excluding hydrogens is 272 g/mol. The molecule has 96 valence electrons. The van der Waals surface area contributed by atoms with Crippen molar-refractivity contribution in [2.45, 2.75) is 19.9 Å². The number of hydrogen-bond acceptors (Lipinski definition) is 5. The van der Waals surface area contributed by atoms with Crippen molar-refractivity contribution in [3.8, 4) is 0 Å². The number of anilines is 1. The Morgan fingerprint density at radius 3 is 3.00 bits per heavy atom. The molecule has 5 nitrogen and oxygen atoms in total. The summed E-state index contributed by atoms with van der Waals surface area (Å²) in [6.45, 7) is 4.25. The van der Waals surface area contributed by atoms with Crippen molar-refractivity contribution in [1.82, 2.24) is 14.1 Å². The molecule has 0 radical (unpaired) electrons. The molecule has 0 bridgehead atoms. The van der Waals surface area contributed by atoms with Gasteiger partial charge < -0.3 is 10.6 Å². The van der Waals surface area contributed by atoms with Crippen molar-refractivity contribution in [3.63, 3.8) is 0 Å². The summed E-state index contributed by atoms with van der Waals surface area (Å²) in [5, 5.41) is 6.37. The van der Waals surface area contributed by atoms with Gasteiger partial charge in [0.05, 0.1) is 22.4 Å². The van der Waals surface area contributed by atoms with Crippen molar-refractivity contribution >= 4 is 46.0 Å². The highest BCUT2D eigenvalue weighted by atomic mass is 35.5. The van der Waals surface area contributed by atoms with Crippen LogP contribution < -0.4 is 10.6 Å². The minimum Gasteiger partial charge on any atom is -0.371 e. The van der Waals surface area contributed by atoms with Gasteiger partial charge >= 0.3 is 0 Å². The van der Waals surface area contributed by atoms with Gasteiger partial charge in [-0.25, -0.2) is 0 Å². The van der Waals surface area contributed by atoms with E-state index in [1.165, 1.54) is 0 Å². The van der Waals surface area contributed by atoms with Crippen molar-refractivity contribution < 1.29 is 4.79 Å². The molecule has 1 unspecified atom stereocenters. The Kier molecular flexibility index (Phi) is 3.98. The summed E-state index contributed by atoms with van der Waals surface area (Å²) in [6, 6.07) is 3.18. The average Bonchev–Trinajstić information content (AvgIpc) is 2.81. The molecule has 18 heavy (non-hydrogen) atoms. The lowest BCUT2D eigenvalue weighted by molar-refractivity contribution is -0.121. The molecule has 1 amide bonds. The smallest absolute Gasteiger partial charge is 0.242 e. The van der Waals surface area contributed by atoms with Gasteiger partial charge in [-0.2, -0.15) is 8.75 Å². The number of likely N-dealkylation sites (N-methyl/N-ethyl adjacent to an activating group) is 1. The van der Waals surface area contributed by atoms with Gasteiger partial charge in [0.15, 0.2) is 0 Å². The van der Waals surface area contributed by atoms with E-state index < -0.39 is 0 Å². The molecule has 0 saturated heterocycles. The fraction of sp³-hybridized carbons (Fsp3) is 0.364. The van der Waals surface area contributed by atoms with Crippen molar-refractivity contribution in [1.29, 1.82) is 0 Å². The average molecular weight is 285 g/mol. The molecule has 0 spiro atoms. The number of nitrogens with zero attached hydrogens (tertiary/aromatic N) is 2. The third kappa shape index (κ3) is 2.54. The van der Waals surface area contributed by atoms with Crippen LogP contribution in [0.4, 0.5) is 5.69 Å². The van der Waals surface area contributed by atoms with Gasteiger partial charge in [0.1, 0.15) is 17.1 Å². The van der Waals surface area contributed by atoms with E-state index in [0.29, 0.717) is 22.8 Å². The molecule has 0 fully saturated rings. The lowest BCUT2D eigenvalue weighted by atomic mass is 10.2. The number of fused-ring (bicyclic) bond motifs is 1. The molecule has 1 aromatic carbocycles. The van der Waals surface area contributed by atoms with Crippen molar-refractivity contribution in [2.24, 2.45) is 0 Å². The van der Waals surface area contributed by atoms with Gasteiger partial charge in [-0.1, -0.05) is 11.6 Å². The Morgan fingerprint density at radius 2 is 2.28 bits per heavy atom. The number of halogens is 1. The predicted molar refractivity (Wildman–Crippen MR) is 74.2 cm³/mol. The maximum atomic E-state index is 11.7. The van der Waals surface area contributed by atoms with E-state index in [-0.39, 0.29) is 11.9 Å². The first-order chi connectivity index (χ1) is 8.63. The Morgan fingerprint density at radius 1 is 1.50 bits per heavy atom. The van der Waals surface area contributed by atoms with Gasteiger partial charge in [0, 0.05) is 6.54 Å². The predicted octanol–water partition coefficient (Wildman–Crippen LogP) is 2.28. The highest BCUT2D eigenvalue weighted by Crippen LogP contribution is 2.30. The second kappa shape index (κ2) is 5.49. The first-order valence-electron chi connectivity index (χ1n) is 5.58. The minimum absolute atomic E-state index is 0.0752. The molecular formula is C11H13ClN4OS. The third-order valence-corrected chi connectivity index (χ3v) is 3.34. The van der Waals surface area contributed by atoms with Crippen molar-refractivity contribution in [2.75, 3.05) is 11.9 Å². The van der Waals surface area contributed by atoms with Gasteiger partial charge in [-0.05, 0) is 26.0 Å². The normalized spacial score (nSPS) is 12.4. The van der Waals surface area contributed by atoms with Gasteiger partial charge in [-0.15, -0.1) is 0 Å². The summed E-state index contributed by atoms with van der Waals surface area (Å²) >= 11 is 7.25. The van der Waals surface area contributed by atoms with Crippen LogP contribution in [0.1, 0.15) is 13.8 Å². The number of carbonyl (C=O) groups excluding carboxylic acids is 1. The van der Waals surface area contributed by atoms with Crippen LogP contribution >= 0.6 is 23.3 Å². The number of hydrogen-bond donors (Lipinski definition) is 2. The summed E-state index contributed by atoms with van der Waals surface area (Å²) in [6.07, 6.45) is 0. The van der Waals surface area contributed by atoms with Gasteiger partial charge in [0.25, 0.3) is 0 Å². The van der Waals surface area contributed by atoms with Crippen LogP contribution in [-0.4, -0.2) is 27.2 Å². The van der Waals surface area contributed by atoms with Gasteiger partial charge in [0.2, 0.25) is 5.91 Å². The zero-order valence-corrected chi connectivity index (χ0v) is 11.6. The maximum absolute atomic E-state index is 11.7. The summed E-state index contributed by atoms with van der Waals surface area (Å²) in [7, 11) is 0. The van der Waals surface area contributed by atoms with E-state index in [4.69, 9.17) is 11.6 Å². The Labute approximate surface area is 114 Å². The molecule has 0 saturated carbocycles. The van der Waals surface area contributed by atoms with Crippen LogP contribution in [0.3, 0.4) is 0 Å². The molecule has 1 atom stereocenters. The SMILES string of the molecule is CCNC(=O)C(C)Nc1c(Cl)ccc2nsnc12. The quantitative estimate of drug-likeness (QED) is 0.904. The lowest BCUT2D eigenvalue weighted by Crippen LogP contribution is -2.37. The molecule has 1 heterocycles. The largest absolute Gasteiger partial charge is 0.371 e. The topological polar surface area (TPSA) is 66.9 Å². The van der Waals surface area contributed by atoms with E-state index in [9.17, 15) is 4.79 Å². The van der Waals surface area contributed by atoms with Crippen LogP contribution in [0.5, 0.6) is 0 Å². The fourth-order valence-corrected chi connectivity index (χ4v) is 2.32. The van der Waals surface area contributed by atoms with E-state index in [1.54, 1.807) is 13.0 Å². The van der Waals surface area contributed by atoms with E-state index in [2.05, 4.69) is 19.4 Å². The van der Waals surface area contributed by atoms with E-state index in [1.807, 2.05) is 13.0 Å². The summed E-state index contributed by atoms with van der Waals surface area (Å²) in [5.41, 5.74) is 2.13. The first-order valence-corrected chi connectivity index (χ1v) is 6.69. The molecule has 0 aliphatic rings. The monoisotopic (exact) mass is 284 g/mol. The van der Waals surface area contributed by atoms with E-state index in [0.717, 1.165) is 17.2 Å². The van der Waals surface area contributed by atoms with Crippen LogP contribution in [0.25, 0.3) is 11.0 Å². The zero-order chi connectivity index (χ0) is 13.1. The van der Waals surface area contributed by atoms with Crippen LogP contribution in [0.15, 0.2) is 12.1 Å². The lowest BCUT2D eigenvalue weighted by Gasteiger charge is -2.15. The van der Waals surface area contributed by atoms with E-state index >= 15 is 0 Å². The minimum atomic E-state index is -0.380. The molecule has 0 aliphatic heterocycles. The van der Waals surface area contributed by atoms with Gasteiger partial charge in [-0.3, -0.25) is 4.79 Å². The number of rotatable bonds is 4. The summed E-state index contributed by atoms with van der Waals surface area (Å²) in [4.78, 5) is 11.7. The molecule has 2 rings (SSSR count). The van der Waals surface area contributed by atoms with Crippen LogP contribution in [0.2, 0.25) is 5.02 Å². The Balaban J connectivity index is 2.28. The standard InChI is InChI=1S/C11H13ClN4OS/c1-3-13-11(17)6(2)14-9-7(12)4-5-8-10(9)16-18-15-8/h4-6,14H,3H2,1-2H3,(H,13,17). The second-order valence-corrected chi connectivity index (χ2v) is 4.75. The summed E-state index contributed by atoms with van der Waals surface area (Å²) < 4.78 is 8.33. The Hall–Kier alpha value is -1.40. The molecule has 0 aliphatic carbocycles.